The lowest BCUT2D eigenvalue weighted by Gasteiger charge is -2.14. The van der Waals surface area contributed by atoms with E-state index in [1.807, 2.05) is 0 Å². The summed E-state index contributed by atoms with van der Waals surface area (Å²) in [6, 6.07) is 6.61. The van der Waals surface area contributed by atoms with Crippen molar-refractivity contribution in [1.82, 2.24) is 14.1 Å². The van der Waals surface area contributed by atoms with Crippen molar-refractivity contribution in [3.63, 3.8) is 0 Å². The molecule has 3 aromatic rings. The first-order chi connectivity index (χ1) is 12.4. The highest BCUT2D eigenvalue weighted by Gasteiger charge is 2.15. The summed E-state index contributed by atoms with van der Waals surface area (Å²) in [7, 11) is 1.56. The summed E-state index contributed by atoms with van der Waals surface area (Å²) in [5.74, 6) is 0. The van der Waals surface area contributed by atoms with Crippen LogP contribution in [0.15, 0.2) is 44.7 Å². The van der Waals surface area contributed by atoms with Crippen molar-refractivity contribution in [2.45, 2.75) is 13.0 Å². The molecule has 0 saturated carbocycles. The molecule has 2 heterocycles. The molecule has 0 aliphatic heterocycles. The van der Waals surface area contributed by atoms with Crippen LogP contribution >= 0.6 is 27.5 Å². The van der Waals surface area contributed by atoms with Crippen LogP contribution in [0.4, 0.5) is 11.4 Å². The Balaban J connectivity index is 2.21. The number of hydrogen-bond acceptors (Lipinski definition) is 5. The number of fused-ring (bicyclic) bond motifs is 1. The summed E-state index contributed by atoms with van der Waals surface area (Å²) < 4.78 is 3.55. The Bertz CT molecular complexity index is 1090. The molecule has 0 fully saturated rings. The normalized spacial score (nSPS) is 11.1. The molecule has 9 heteroatoms. The maximum Gasteiger partial charge on any atom is 0.264 e. The van der Waals surface area contributed by atoms with Crippen LogP contribution in [0.5, 0.6) is 0 Å². The SMILES string of the molecule is Cn1c(=O)cc(Nc2ccc(Br)cc2Cl)c2c(=O)n(CCCO)cnc21. The Morgan fingerprint density at radius 1 is 1.27 bits per heavy atom. The van der Waals surface area contributed by atoms with E-state index in [9.17, 15) is 9.59 Å². The van der Waals surface area contributed by atoms with Crippen molar-refractivity contribution in [1.29, 1.82) is 0 Å². The second kappa shape index (κ2) is 7.61. The molecule has 26 heavy (non-hydrogen) atoms. The van der Waals surface area contributed by atoms with Crippen LogP contribution in [0.25, 0.3) is 11.0 Å². The number of rotatable bonds is 5. The number of nitrogens with one attached hydrogen (secondary N) is 1. The molecule has 0 aliphatic carbocycles. The molecule has 2 aromatic heterocycles. The lowest BCUT2D eigenvalue weighted by atomic mass is 10.2. The third kappa shape index (κ3) is 3.53. The van der Waals surface area contributed by atoms with Crippen LogP contribution in [0.1, 0.15) is 6.42 Å². The molecule has 0 aliphatic rings. The zero-order chi connectivity index (χ0) is 18.8. The Morgan fingerprint density at radius 3 is 2.73 bits per heavy atom. The van der Waals surface area contributed by atoms with Gasteiger partial charge in [-0.25, -0.2) is 4.98 Å². The van der Waals surface area contributed by atoms with E-state index in [0.29, 0.717) is 29.4 Å². The van der Waals surface area contributed by atoms with Gasteiger partial charge in [0.25, 0.3) is 11.1 Å². The molecule has 3 rings (SSSR count). The Labute approximate surface area is 162 Å². The number of hydrogen-bond donors (Lipinski definition) is 2. The molecule has 0 spiro atoms. The standard InChI is InChI=1S/C17H16BrClN4O3/c1-22-14(25)8-13(21-12-4-3-10(18)7-11(12)19)15-16(22)20-9-23(17(15)26)5-2-6-24/h3-4,7-9,21,24H,2,5-6H2,1H3. The van der Waals surface area contributed by atoms with Gasteiger partial charge in [0.15, 0.2) is 5.65 Å². The lowest BCUT2D eigenvalue weighted by molar-refractivity contribution is 0.279. The average molecular weight is 440 g/mol. The summed E-state index contributed by atoms with van der Waals surface area (Å²) in [5.41, 5.74) is 0.583. The fourth-order valence-corrected chi connectivity index (χ4v) is 3.32. The molecule has 0 radical (unpaired) electrons. The molecular weight excluding hydrogens is 424 g/mol. The van der Waals surface area contributed by atoms with E-state index in [1.165, 1.54) is 21.5 Å². The molecule has 0 unspecified atom stereocenters. The van der Waals surface area contributed by atoms with E-state index < -0.39 is 0 Å². The summed E-state index contributed by atoms with van der Waals surface area (Å²) in [4.78, 5) is 29.4. The Kier molecular flexibility index (Phi) is 5.45. The molecule has 0 atom stereocenters. The largest absolute Gasteiger partial charge is 0.396 e. The smallest absolute Gasteiger partial charge is 0.264 e. The van der Waals surface area contributed by atoms with Gasteiger partial charge >= 0.3 is 0 Å². The van der Waals surface area contributed by atoms with Gasteiger partial charge < -0.3 is 10.4 Å². The molecule has 136 valence electrons. The van der Waals surface area contributed by atoms with E-state index in [0.717, 1.165) is 4.47 Å². The number of aliphatic hydroxyl groups is 1. The first-order valence-corrected chi connectivity index (χ1v) is 9.01. The predicted octanol–water partition coefficient (Wildman–Crippen LogP) is 2.64. The van der Waals surface area contributed by atoms with E-state index in [2.05, 4.69) is 26.2 Å². The van der Waals surface area contributed by atoms with Crippen molar-refractivity contribution < 1.29 is 5.11 Å². The minimum absolute atomic E-state index is 0.0304. The summed E-state index contributed by atoms with van der Waals surface area (Å²) in [5, 5.41) is 12.8. The summed E-state index contributed by atoms with van der Waals surface area (Å²) >= 11 is 9.58. The van der Waals surface area contributed by atoms with Crippen LogP contribution < -0.4 is 16.4 Å². The van der Waals surface area contributed by atoms with Crippen LogP contribution in [0, 0.1) is 0 Å². The molecule has 0 saturated heterocycles. The van der Waals surface area contributed by atoms with Gasteiger partial charge in [0.1, 0.15) is 5.39 Å². The van der Waals surface area contributed by atoms with Crippen LogP contribution in [-0.2, 0) is 13.6 Å². The van der Waals surface area contributed by atoms with E-state index in [4.69, 9.17) is 16.7 Å². The van der Waals surface area contributed by atoms with E-state index >= 15 is 0 Å². The number of nitrogens with zero attached hydrogens (tertiary/aromatic N) is 3. The lowest BCUT2D eigenvalue weighted by Crippen LogP contribution is -2.26. The number of aryl methyl sites for hydroxylation is 2. The zero-order valence-electron chi connectivity index (χ0n) is 13.9. The third-order valence-electron chi connectivity index (χ3n) is 3.96. The second-order valence-electron chi connectivity index (χ2n) is 5.72. The highest BCUT2D eigenvalue weighted by Crippen LogP contribution is 2.29. The maximum absolute atomic E-state index is 12.9. The van der Waals surface area contributed by atoms with Gasteiger partial charge in [-0.15, -0.1) is 0 Å². The molecular formula is C17H16BrClN4O3. The minimum Gasteiger partial charge on any atom is -0.396 e. The van der Waals surface area contributed by atoms with Crippen LogP contribution in [0.2, 0.25) is 5.02 Å². The molecule has 2 N–H and O–H groups in total. The third-order valence-corrected chi connectivity index (χ3v) is 4.77. The fraction of sp³-hybridized carbons (Fsp3) is 0.235. The van der Waals surface area contributed by atoms with Gasteiger partial charge in [0, 0.05) is 30.7 Å². The number of halogens is 2. The van der Waals surface area contributed by atoms with Gasteiger partial charge in [-0.3, -0.25) is 18.7 Å². The summed E-state index contributed by atoms with van der Waals surface area (Å²) in [6.07, 6.45) is 1.82. The predicted molar refractivity (Wildman–Crippen MR) is 105 cm³/mol. The number of aromatic nitrogens is 3. The van der Waals surface area contributed by atoms with Gasteiger partial charge in [0.2, 0.25) is 0 Å². The minimum atomic E-state index is -0.298. The van der Waals surface area contributed by atoms with Gasteiger partial charge in [-0.05, 0) is 24.6 Å². The van der Waals surface area contributed by atoms with Crippen molar-refractivity contribution in [3.05, 3.63) is 60.8 Å². The topological polar surface area (TPSA) is 89.2 Å². The first kappa shape index (κ1) is 18.6. The van der Waals surface area contributed by atoms with Crippen molar-refractivity contribution in [3.8, 4) is 0 Å². The number of pyridine rings is 1. The van der Waals surface area contributed by atoms with Crippen LogP contribution in [-0.4, -0.2) is 25.8 Å². The zero-order valence-corrected chi connectivity index (χ0v) is 16.2. The van der Waals surface area contributed by atoms with Crippen LogP contribution in [0.3, 0.4) is 0 Å². The maximum atomic E-state index is 12.9. The van der Waals surface area contributed by atoms with Gasteiger partial charge in [-0.2, -0.15) is 0 Å². The highest BCUT2D eigenvalue weighted by atomic mass is 79.9. The summed E-state index contributed by atoms with van der Waals surface area (Å²) in [6.45, 7) is 0.303. The van der Waals surface area contributed by atoms with E-state index in [-0.39, 0.29) is 28.8 Å². The first-order valence-electron chi connectivity index (χ1n) is 7.84. The quantitative estimate of drug-likeness (QED) is 0.638. The molecule has 0 amide bonds. The number of anilines is 2. The Morgan fingerprint density at radius 2 is 2.04 bits per heavy atom. The second-order valence-corrected chi connectivity index (χ2v) is 7.05. The molecule has 0 bridgehead atoms. The monoisotopic (exact) mass is 438 g/mol. The number of aliphatic hydroxyl groups excluding tert-OH is 1. The highest BCUT2D eigenvalue weighted by molar-refractivity contribution is 9.10. The van der Waals surface area contributed by atoms with E-state index in [1.54, 1.807) is 25.2 Å². The van der Waals surface area contributed by atoms with Crippen molar-refractivity contribution in [2.75, 3.05) is 11.9 Å². The average Bonchev–Trinajstić information content (AvgIpc) is 2.60. The number of benzene rings is 1. The fourth-order valence-electron chi connectivity index (χ4n) is 2.60. The van der Waals surface area contributed by atoms with Gasteiger partial charge in [0.05, 0.1) is 22.7 Å². The molecule has 1 aromatic carbocycles. The van der Waals surface area contributed by atoms with Crippen molar-refractivity contribution >= 4 is 49.9 Å². The Hall–Kier alpha value is -2.16. The van der Waals surface area contributed by atoms with Crippen molar-refractivity contribution in [2.24, 2.45) is 7.05 Å². The molecule has 7 nitrogen and oxygen atoms in total. The van der Waals surface area contributed by atoms with Gasteiger partial charge in [-0.1, -0.05) is 27.5 Å².